The number of fused-ring (bicyclic) bond motifs is 2. The Morgan fingerprint density at radius 3 is 1.25 bits per heavy atom. The Hall–Kier alpha value is -3.08. The number of allylic oxidation sites excluding steroid dienone is 4. The van der Waals surface area contributed by atoms with Crippen LogP contribution in [0.15, 0.2) is 106 Å². The lowest BCUT2D eigenvalue weighted by atomic mass is 9.96. The average Bonchev–Trinajstić information content (AvgIpc) is 3.38. The maximum absolute atomic E-state index is 4.73. The van der Waals surface area contributed by atoms with E-state index in [4.69, 9.17) is 9.97 Å². The minimum atomic E-state index is 0.837. The Bertz CT molecular complexity index is 1380. The molecule has 0 N–H and O–H groups in total. The molecule has 0 saturated carbocycles. The van der Waals surface area contributed by atoms with Gasteiger partial charge in [-0.15, -0.1) is 0 Å². The van der Waals surface area contributed by atoms with Crippen LogP contribution in [-0.4, -0.2) is 9.97 Å². The fourth-order valence-corrected chi connectivity index (χ4v) is 5.18. The summed E-state index contributed by atoms with van der Waals surface area (Å²) < 4.78 is 1.67. The SMILES string of the molecule is Brc1cccc(C2=C/C(=C3\C=C(c4cccc(Br)n4)c4ccccc43)c3ccccc32)n1. The minimum absolute atomic E-state index is 0.837. The Balaban J connectivity index is 1.62. The van der Waals surface area contributed by atoms with Gasteiger partial charge in [0.2, 0.25) is 0 Å². The van der Waals surface area contributed by atoms with Crippen LogP contribution >= 0.6 is 31.9 Å². The van der Waals surface area contributed by atoms with Gasteiger partial charge in [0.1, 0.15) is 9.21 Å². The fourth-order valence-electron chi connectivity index (χ4n) is 4.49. The van der Waals surface area contributed by atoms with Crippen LogP contribution in [0.3, 0.4) is 0 Å². The first kappa shape index (κ1) is 19.6. The summed E-state index contributed by atoms with van der Waals surface area (Å²) in [7, 11) is 0. The van der Waals surface area contributed by atoms with Crippen molar-refractivity contribution in [1.82, 2.24) is 9.97 Å². The number of pyridine rings is 2. The average molecular weight is 540 g/mol. The van der Waals surface area contributed by atoms with Crippen LogP contribution in [0.4, 0.5) is 0 Å². The molecule has 0 saturated heterocycles. The molecule has 0 radical (unpaired) electrons. The molecule has 0 aliphatic heterocycles. The summed E-state index contributed by atoms with van der Waals surface area (Å²) in [6, 6.07) is 29.2. The molecule has 152 valence electrons. The molecule has 0 amide bonds. The predicted octanol–water partition coefficient (Wildman–Crippen LogP) is 7.80. The zero-order chi connectivity index (χ0) is 21.7. The molecule has 2 aliphatic rings. The molecule has 4 heteroatoms. The maximum Gasteiger partial charge on any atom is 0.106 e. The number of aromatic nitrogens is 2. The molecule has 2 heterocycles. The quantitative estimate of drug-likeness (QED) is 0.243. The third-order valence-electron chi connectivity index (χ3n) is 5.86. The zero-order valence-corrected chi connectivity index (χ0v) is 20.1. The maximum atomic E-state index is 4.73. The van der Waals surface area contributed by atoms with Gasteiger partial charge < -0.3 is 0 Å². The molecule has 32 heavy (non-hydrogen) atoms. The van der Waals surface area contributed by atoms with Crippen molar-refractivity contribution < 1.29 is 0 Å². The lowest BCUT2D eigenvalue weighted by molar-refractivity contribution is 1.23. The molecule has 4 aromatic rings. The van der Waals surface area contributed by atoms with Crippen molar-refractivity contribution in [1.29, 1.82) is 0 Å². The van der Waals surface area contributed by atoms with Crippen LogP contribution in [0.5, 0.6) is 0 Å². The first-order chi connectivity index (χ1) is 15.7. The van der Waals surface area contributed by atoms with Crippen molar-refractivity contribution in [2.45, 2.75) is 0 Å². The third-order valence-corrected chi connectivity index (χ3v) is 6.75. The predicted molar refractivity (Wildman–Crippen MR) is 138 cm³/mol. The smallest absolute Gasteiger partial charge is 0.106 e. The normalized spacial score (nSPS) is 16.4. The van der Waals surface area contributed by atoms with E-state index in [9.17, 15) is 0 Å². The molecule has 2 nitrogen and oxygen atoms in total. The van der Waals surface area contributed by atoms with Gasteiger partial charge >= 0.3 is 0 Å². The molecule has 2 aromatic heterocycles. The van der Waals surface area contributed by atoms with Crippen molar-refractivity contribution in [3.8, 4) is 0 Å². The number of rotatable bonds is 2. The molecule has 0 spiro atoms. The van der Waals surface area contributed by atoms with Crippen LogP contribution in [0.25, 0.3) is 22.3 Å². The molecule has 2 aromatic carbocycles. The first-order valence-electron chi connectivity index (χ1n) is 10.3. The van der Waals surface area contributed by atoms with Gasteiger partial charge in [-0.3, -0.25) is 0 Å². The number of nitrogens with zero attached hydrogens (tertiary/aromatic N) is 2. The van der Waals surface area contributed by atoms with E-state index in [1.165, 1.54) is 33.4 Å². The standard InChI is InChI=1S/C28H16Br2N2/c29-27-13-5-11-25(31-27)23-15-21(17-7-1-3-9-19(17)23)22-16-24(20-10-4-2-8-18(20)22)26-12-6-14-28(30)32-26/h1-16H/b22-21-. The van der Waals surface area contributed by atoms with E-state index in [-0.39, 0.29) is 0 Å². The highest BCUT2D eigenvalue weighted by Gasteiger charge is 2.27. The van der Waals surface area contributed by atoms with E-state index in [0.29, 0.717) is 0 Å². The summed E-state index contributed by atoms with van der Waals surface area (Å²) in [5.74, 6) is 0. The summed E-state index contributed by atoms with van der Waals surface area (Å²) in [6.45, 7) is 0. The van der Waals surface area contributed by atoms with Crippen LogP contribution in [0.2, 0.25) is 0 Å². The first-order valence-corrected chi connectivity index (χ1v) is 11.9. The van der Waals surface area contributed by atoms with Crippen molar-refractivity contribution >= 4 is 54.2 Å². The topological polar surface area (TPSA) is 25.8 Å². The van der Waals surface area contributed by atoms with Crippen LogP contribution < -0.4 is 0 Å². The molecule has 0 unspecified atom stereocenters. The zero-order valence-electron chi connectivity index (χ0n) is 16.9. The molecular formula is C28H16Br2N2. The Kier molecular flexibility index (Phi) is 4.78. The van der Waals surface area contributed by atoms with E-state index >= 15 is 0 Å². The molecule has 6 rings (SSSR count). The van der Waals surface area contributed by atoms with Gasteiger partial charge in [-0.1, -0.05) is 60.7 Å². The summed E-state index contributed by atoms with van der Waals surface area (Å²) in [6.07, 6.45) is 4.55. The van der Waals surface area contributed by atoms with E-state index in [1.807, 2.05) is 24.3 Å². The van der Waals surface area contributed by atoms with Crippen LogP contribution in [0, 0.1) is 0 Å². The lowest BCUT2D eigenvalue weighted by Crippen LogP contribution is -1.91. The monoisotopic (exact) mass is 538 g/mol. The van der Waals surface area contributed by atoms with Gasteiger partial charge in [0.15, 0.2) is 0 Å². The Labute approximate surface area is 203 Å². The molecule has 0 fully saturated rings. The van der Waals surface area contributed by atoms with Crippen LogP contribution in [0.1, 0.15) is 33.6 Å². The number of benzene rings is 2. The summed E-state index contributed by atoms with van der Waals surface area (Å²) in [5.41, 5.74) is 11.5. The Morgan fingerprint density at radius 2 is 0.844 bits per heavy atom. The third kappa shape index (κ3) is 3.22. The van der Waals surface area contributed by atoms with Gasteiger partial charge in [-0.2, -0.15) is 0 Å². The highest BCUT2D eigenvalue weighted by molar-refractivity contribution is 9.10. The summed E-state index contributed by atoms with van der Waals surface area (Å²) in [4.78, 5) is 9.45. The van der Waals surface area contributed by atoms with Gasteiger partial charge in [0.05, 0.1) is 11.4 Å². The number of hydrogen-bond acceptors (Lipinski definition) is 2. The molecule has 0 atom stereocenters. The van der Waals surface area contributed by atoms with Crippen molar-refractivity contribution in [3.63, 3.8) is 0 Å². The van der Waals surface area contributed by atoms with E-state index < -0.39 is 0 Å². The van der Waals surface area contributed by atoms with Crippen molar-refractivity contribution in [2.24, 2.45) is 0 Å². The summed E-state index contributed by atoms with van der Waals surface area (Å²) >= 11 is 7.04. The molecule has 2 aliphatic carbocycles. The largest absolute Gasteiger partial charge is 0.241 e. The van der Waals surface area contributed by atoms with E-state index in [0.717, 1.165) is 31.7 Å². The van der Waals surface area contributed by atoms with E-state index in [1.54, 1.807) is 0 Å². The van der Waals surface area contributed by atoms with Crippen molar-refractivity contribution in [3.05, 3.63) is 140 Å². The van der Waals surface area contributed by atoms with E-state index in [2.05, 4.69) is 105 Å². The minimum Gasteiger partial charge on any atom is -0.241 e. The van der Waals surface area contributed by atoms with Gasteiger partial charge in [0.25, 0.3) is 0 Å². The summed E-state index contributed by atoms with van der Waals surface area (Å²) in [5, 5.41) is 0. The lowest BCUT2D eigenvalue weighted by Gasteiger charge is -2.08. The fraction of sp³-hybridized carbons (Fsp3) is 0. The van der Waals surface area contributed by atoms with Gasteiger partial charge in [-0.05, 0) is 102 Å². The van der Waals surface area contributed by atoms with Crippen molar-refractivity contribution in [2.75, 3.05) is 0 Å². The molecule has 0 bridgehead atoms. The molecular weight excluding hydrogens is 524 g/mol. The van der Waals surface area contributed by atoms with Crippen LogP contribution in [-0.2, 0) is 0 Å². The second kappa shape index (κ2) is 7.80. The number of hydrogen-bond donors (Lipinski definition) is 0. The second-order valence-corrected chi connectivity index (χ2v) is 9.35. The number of halogens is 2. The highest BCUT2D eigenvalue weighted by Crippen LogP contribution is 2.47. The Morgan fingerprint density at radius 1 is 0.438 bits per heavy atom. The van der Waals surface area contributed by atoms with Gasteiger partial charge in [-0.25, -0.2) is 9.97 Å². The highest BCUT2D eigenvalue weighted by atomic mass is 79.9. The second-order valence-electron chi connectivity index (χ2n) is 7.73. The van der Waals surface area contributed by atoms with Gasteiger partial charge in [0, 0.05) is 11.1 Å².